The van der Waals surface area contributed by atoms with Crippen LogP contribution in [0.5, 0.6) is 0 Å². The number of carboxylic acid groups (broad SMARTS) is 1. The zero-order valence-electron chi connectivity index (χ0n) is 11.2. The Bertz CT molecular complexity index is 699. The van der Waals surface area contributed by atoms with Crippen molar-refractivity contribution in [2.45, 2.75) is 12.8 Å². The number of aliphatic carboxylic acids is 1. The molecule has 0 amide bonds. The molecule has 4 nitrogen and oxygen atoms in total. The van der Waals surface area contributed by atoms with E-state index in [-0.39, 0.29) is 5.92 Å². The molecule has 0 unspecified atom stereocenters. The monoisotopic (exact) mass is 368 g/mol. The lowest BCUT2D eigenvalue weighted by atomic mass is 9.96. The SMILES string of the molecule is O=C(O)C1CCN(c2ccnc3c(Cl)cc(Br)cc23)CC1. The minimum Gasteiger partial charge on any atom is -0.481 e. The summed E-state index contributed by atoms with van der Waals surface area (Å²) in [5, 5.41) is 10.7. The van der Waals surface area contributed by atoms with Crippen LogP contribution in [0.25, 0.3) is 10.9 Å². The van der Waals surface area contributed by atoms with Gasteiger partial charge in [-0.1, -0.05) is 27.5 Å². The van der Waals surface area contributed by atoms with Gasteiger partial charge in [-0.3, -0.25) is 9.78 Å². The number of hydrogen-bond acceptors (Lipinski definition) is 3. The van der Waals surface area contributed by atoms with Crippen molar-refractivity contribution in [1.82, 2.24) is 4.98 Å². The molecule has 2 heterocycles. The molecular formula is C15H14BrClN2O2. The Kier molecular flexibility index (Phi) is 4.04. The average Bonchev–Trinajstić information content (AvgIpc) is 2.46. The third-order valence-corrected chi connectivity index (χ3v) is 4.67. The topological polar surface area (TPSA) is 53.4 Å². The van der Waals surface area contributed by atoms with Gasteiger partial charge >= 0.3 is 5.97 Å². The lowest BCUT2D eigenvalue weighted by molar-refractivity contribution is -0.142. The van der Waals surface area contributed by atoms with Gasteiger partial charge in [0.05, 0.1) is 16.5 Å². The summed E-state index contributed by atoms with van der Waals surface area (Å²) in [5.74, 6) is -0.926. The minimum atomic E-state index is -0.694. The van der Waals surface area contributed by atoms with E-state index in [4.69, 9.17) is 16.7 Å². The maximum absolute atomic E-state index is 11.0. The molecule has 21 heavy (non-hydrogen) atoms. The molecule has 0 bridgehead atoms. The van der Waals surface area contributed by atoms with Crippen molar-refractivity contribution in [3.63, 3.8) is 0 Å². The molecule has 1 fully saturated rings. The van der Waals surface area contributed by atoms with Crippen LogP contribution in [0.3, 0.4) is 0 Å². The summed E-state index contributed by atoms with van der Waals surface area (Å²) in [6.45, 7) is 1.47. The standard InChI is InChI=1S/C15H14BrClN2O2/c16-10-7-11-13(1-4-18-14(11)12(17)8-10)19-5-2-9(3-6-19)15(20)21/h1,4,7-9H,2-3,5-6H2,(H,20,21). The first-order valence-corrected chi connectivity index (χ1v) is 7.95. The maximum Gasteiger partial charge on any atom is 0.306 e. The number of halogens is 2. The Labute approximate surface area is 135 Å². The molecule has 0 spiro atoms. The minimum absolute atomic E-state index is 0.232. The summed E-state index contributed by atoms with van der Waals surface area (Å²) in [7, 11) is 0. The van der Waals surface area contributed by atoms with E-state index in [1.165, 1.54) is 0 Å². The highest BCUT2D eigenvalue weighted by atomic mass is 79.9. The van der Waals surface area contributed by atoms with Crippen molar-refractivity contribution >= 4 is 50.1 Å². The van der Waals surface area contributed by atoms with Gasteiger partial charge in [0.25, 0.3) is 0 Å². The van der Waals surface area contributed by atoms with Crippen LogP contribution in [0.2, 0.25) is 5.02 Å². The van der Waals surface area contributed by atoms with Crippen LogP contribution < -0.4 is 4.90 Å². The summed E-state index contributed by atoms with van der Waals surface area (Å²) in [4.78, 5) is 17.6. The molecule has 1 saturated heterocycles. The smallest absolute Gasteiger partial charge is 0.306 e. The zero-order chi connectivity index (χ0) is 15.0. The van der Waals surface area contributed by atoms with Gasteiger partial charge in [-0.15, -0.1) is 0 Å². The molecule has 0 radical (unpaired) electrons. The van der Waals surface area contributed by atoms with Gasteiger partial charge in [0.15, 0.2) is 0 Å². The number of rotatable bonds is 2. The number of nitrogens with zero attached hydrogens (tertiary/aromatic N) is 2. The van der Waals surface area contributed by atoms with Crippen molar-refractivity contribution in [3.05, 3.63) is 33.9 Å². The Morgan fingerprint density at radius 2 is 2.10 bits per heavy atom. The molecule has 6 heteroatoms. The molecule has 1 aromatic heterocycles. The van der Waals surface area contributed by atoms with E-state index < -0.39 is 5.97 Å². The fourth-order valence-electron chi connectivity index (χ4n) is 2.81. The first-order valence-electron chi connectivity index (χ1n) is 6.78. The third-order valence-electron chi connectivity index (χ3n) is 3.93. The van der Waals surface area contributed by atoms with Crippen LogP contribution in [-0.2, 0) is 4.79 Å². The van der Waals surface area contributed by atoms with Gasteiger partial charge in [0, 0.05) is 34.8 Å². The summed E-state index contributed by atoms with van der Waals surface area (Å²) in [6.07, 6.45) is 3.09. The maximum atomic E-state index is 11.0. The Morgan fingerprint density at radius 1 is 1.38 bits per heavy atom. The number of fused-ring (bicyclic) bond motifs is 1. The molecule has 1 aliphatic heterocycles. The number of piperidine rings is 1. The van der Waals surface area contributed by atoms with Gasteiger partial charge in [-0.25, -0.2) is 0 Å². The molecular weight excluding hydrogens is 356 g/mol. The van der Waals surface area contributed by atoms with E-state index >= 15 is 0 Å². The van der Waals surface area contributed by atoms with Gasteiger partial charge in [-0.05, 0) is 31.0 Å². The van der Waals surface area contributed by atoms with E-state index in [0.29, 0.717) is 17.9 Å². The Balaban J connectivity index is 1.96. The molecule has 1 aliphatic rings. The lowest BCUT2D eigenvalue weighted by Gasteiger charge is -2.32. The van der Waals surface area contributed by atoms with Crippen LogP contribution in [0.15, 0.2) is 28.9 Å². The van der Waals surface area contributed by atoms with E-state index in [2.05, 4.69) is 25.8 Å². The Hall–Kier alpha value is -1.33. The van der Waals surface area contributed by atoms with E-state index in [1.54, 1.807) is 6.20 Å². The van der Waals surface area contributed by atoms with Crippen molar-refractivity contribution in [2.75, 3.05) is 18.0 Å². The number of hydrogen-bond donors (Lipinski definition) is 1. The molecule has 0 aliphatic carbocycles. The van der Waals surface area contributed by atoms with Crippen LogP contribution in [0.1, 0.15) is 12.8 Å². The number of anilines is 1. The number of aromatic nitrogens is 1. The highest BCUT2D eigenvalue weighted by molar-refractivity contribution is 9.10. The molecule has 1 N–H and O–H groups in total. The van der Waals surface area contributed by atoms with Crippen LogP contribution in [0, 0.1) is 5.92 Å². The first-order chi connectivity index (χ1) is 10.1. The normalized spacial score (nSPS) is 16.4. The largest absolute Gasteiger partial charge is 0.481 e. The summed E-state index contributed by atoms with van der Waals surface area (Å²) < 4.78 is 0.912. The first kappa shape index (κ1) is 14.6. The molecule has 0 saturated carbocycles. The third kappa shape index (κ3) is 2.85. The molecule has 3 rings (SSSR count). The van der Waals surface area contributed by atoms with Crippen LogP contribution >= 0.6 is 27.5 Å². The zero-order valence-corrected chi connectivity index (χ0v) is 13.6. The van der Waals surface area contributed by atoms with E-state index in [9.17, 15) is 4.79 Å². The second-order valence-electron chi connectivity index (χ2n) is 5.21. The number of benzene rings is 1. The second-order valence-corrected chi connectivity index (χ2v) is 6.54. The van der Waals surface area contributed by atoms with Crippen molar-refractivity contribution in [2.24, 2.45) is 5.92 Å². The number of pyridine rings is 1. The van der Waals surface area contributed by atoms with Gasteiger partial charge in [0.2, 0.25) is 0 Å². The molecule has 0 atom stereocenters. The predicted octanol–water partition coefficient (Wildman–Crippen LogP) is 3.95. The lowest BCUT2D eigenvalue weighted by Crippen LogP contribution is -2.36. The predicted molar refractivity (Wildman–Crippen MR) is 87.0 cm³/mol. The molecule has 1 aromatic carbocycles. The van der Waals surface area contributed by atoms with Crippen LogP contribution in [-0.4, -0.2) is 29.1 Å². The molecule has 2 aromatic rings. The Morgan fingerprint density at radius 3 is 2.76 bits per heavy atom. The summed E-state index contributed by atoms with van der Waals surface area (Å²) >= 11 is 9.71. The summed E-state index contributed by atoms with van der Waals surface area (Å²) in [5.41, 5.74) is 1.84. The van der Waals surface area contributed by atoms with Gasteiger partial charge in [0.1, 0.15) is 0 Å². The second kappa shape index (κ2) is 5.81. The average molecular weight is 370 g/mol. The van der Waals surface area contributed by atoms with Crippen molar-refractivity contribution < 1.29 is 9.90 Å². The summed E-state index contributed by atoms with van der Waals surface area (Å²) in [6, 6.07) is 5.80. The van der Waals surface area contributed by atoms with Crippen molar-refractivity contribution in [1.29, 1.82) is 0 Å². The highest BCUT2D eigenvalue weighted by Gasteiger charge is 2.25. The highest BCUT2D eigenvalue weighted by Crippen LogP contribution is 2.34. The van der Waals surface area contributed by atoms with Gasteiger partial charge in [-0.2, -0.15) is 0 Å². The number of carbonyl (C=O) groups is 1. The van der Waals surface area contributed by atoms with Crippen LogP contribution in [0.4, 0.5) is 5.69 Å². The van der Waals surface area contributed by atoms with Crippen molar-refractivity contribution in [3.8, 4) is 0 Å². The number of carboxylic acids is 1. The fourth-order valence-corrected chi connectivity index (χ4v) is 3.67. The quantitative estimate of drug-likeness (QED) is 0.871. The van der Waals surface area contributed by atoms with E-state index in [0.717, 1.165) is 34.2 Å². The van der Waals surface area contributed by atoms with Gasteiger partial charge < -0.3 is 10.0 Å². The molecule has 110 valence electrons. The van der Waals surface area contributed by atoms with E-state index in [1.807, 2.05) is 18.2 Å². The fraction of sp³-hybridized carbons (Fsp3) is 0.333.